The van der Waals surface area contributed by atoms with E-state index in [0.717, 1.165) is 10.9 Å². The molecule has 110 valence electrons. The molecule has 4 heteroatoms. The van der Waals surface area contributed by atoms with Crippen molar-refractivity contribution in [2.75, 3.05) is 0 Å². The minimum atomic E-state index is -0.604. The lowest BCUT2D eigenvalue weighted by Crippen LogP contribution is -2.27. The molecule has 1 heterocycles. The SMILES string of the molecule is CC(C)c1c(C#N)n(C(=O)OC(C)(C)C)c2ccccc12. The first-order chi connectivity index (χ1) is 9.76. The predicted molar refractivity (Wildman–Crippen MR) is 82.4 cm³/mol. The molecule has 1 aromatic carbocycles. The molecule has 0 unspecified atom stereocenters. The molecule has 0 fully saturated rings. The van der Waals surface area contributed by atoms with Crippen LogP contribution in [0, 0.1) is 11.3 Å². The number of hydrogen-bond acceptors (Lipinski definition) is 3. The molecule has 0 saturated carbocycles. The molecule has 0 N–H and O–H groups in total. The van der Waals surface area contributed by atoms with Crippen LogP contribution < -0.4 is 0 Å². The number of para-hydroxylation sites is 1. The molecule has 0 saturated heterocycles. The Morgan fingerprint density at radius 1 is 1.29 bits per heavy atom. The van der Waals surface area contributed by atoms with Crippen LogP contribution in [0.15, 0.2) is 24.3 Å². The first kappa shape index (κ1) is 15.1. The largest absolute Gasteiger partial charge is 0.443 e. The van der Waals surface area contributed by atoms with Crippen molar-refractivity contribution in [3.05, 3.63) is 35.5 Å². The van der Waals surface area contributed by atoms with Gasteiger partial charge in [-0.3, -0.25) is 0 Å². The van der Waals surface area contributed by atoms with Gasteiger partial charge in [0.25, 0.3) is 0 Å². The highest BCUT2D eigenvalue weighted by Gasteiger charge is 2.26. The molecule has 0 aliphatic rings. The Morgan fingerprint density at radius 2 is 1.90 bits per heavy atom. The van der Waals surface area contributed by atoms with E-state index in [1.165, 1.54) is 4.57 Å². The van der Waals surface area contributed by atoms with Crippen molar-refractivity contribution in [1.82, 2.24) is 4.57 Å². The zero-order valence-electron chi connectivity index (χ0n) is 13.1. The molecule has 2 rings (SSSR count). The number of benzene rings is 1. The second kappa shape index (κ2) is 5.25. The molecule has 4 nitrogen and oxygen atoms in total. The van der Waals surface area contributed by atoms with Gasteiger partial charge < -0.3 is 4.74 Å². The second-order valence-corrected chi connectivity index (χ2v) is 6.36. The maximum Gasteiger partial charge on any atom is 0.420 e. The smallest absolute Gasteiger partial charge is 0.420 e. The van der Waals surface area contributed by atoms with Crippen LogP contribution in [0.1, 0.15) is 51.8 Å². The van der Waals surface area contributed by atoms with Crippen molar-refractivity contribution in [3.63, 3.8) is 0 Å². The average Bonchev–Trinajstić information content (AvgIpc) is 2.70. The molecule has 0 atom stereocenters. The van der Waals surface area contributed by atoms with Gasteiger partial charge in [-0.25, -0.2) is 9.36 Å². The number of ether oxygens (including phenoxy) is 1. The van der Waals surface area contributed by atoms with Gasteiger partial charge >= 0.3 is 6.09 Å². The minimum Gasteiger partial charge on any atom is -0.443 e. The summed E-state index contributed by atoms with van der Waals surface area (Å²) in [5.41, 5.74) is 1.36. The molecule has 0 spiro atoms. The van der Waals surface area contributed by atoms with Crippen LogP contribution in [-0.4, -0.2) is 16.3 Å². The average molecular weight is 284 g/mol. The van der Waals surface area contributed by atoms with Crippen LogP contribution in [0.5, 0.6) is 0 Å². The highest BCUT2D eigenvalue weighted by Crippen LogP contribution is 2.32. The minimum absolute atomic E-state index is 0.147. The van der Waals surface area contributed by atoms with Gasteiger partial charge in [0, 0.05) is 5.39 Å². The van der Waals surface area contributed by atoms with Gasteiger partial charge in [-0.05, 0) is 38.3 Å². The van der Waals surface area contributed by atoms with E-state index in [4.69, 9.17) is 4.74 Å². The van der Waals surface area contributed by atoms with E-state index >= 15 is 0 Å². The van der Waals surface area contributed by atoms with Crippen molar-refractivity contribution >= 4 is 17.0 Å². The Hall–Kier alpha value is -2.28. The van der Waals surface area contributed by atoms with Crippen LogP contribution in [0.4, 0.5) is 4.79 Å². The van der Waals surface area contributed by atoms with Crippen LogP contribution in [-0.2, 0) is 4.74 Å². The fraction of sp³-hybridized carbons (Fsp3) is 0.412. The molecule has 0 amide bonds. The predicted octanol–water partition coefficient (Wildman–Crippen LogP) is 4.42. The van der Waals surface area contributed by atoms with Gasteiger partial charge in [0.15, 0.2) is 0 Å². The summed E-state index contributed by atoms with van der Waals surface area (Å²) in [5.74, 6) is 0.147. The summed E-state index contributed by atoms with van der Waals surface area (Å²) >= 11 is 0. The van der Waals surface area contributed by atoms with Crippen LogP contribution in [0.25, 0.3) is 10.9 Å². The first-order valence-corrected chi connectivity index (χ1v) is 7.03. The Kier molecular flexibility index (Phi) is 3.78. The van der Waals surface area contributed by atoms with Crippen molar-refractivity contribution < 1.29 is 9.53 Å². The van der Waals surface area contributed by atoms with Gasteiger partial charge in [0.05, 0.1) is 5.52 Å². The van der Waals surface area contributed by atoms with Crippen molar-refractivity contribution in [3.8, 4) is 6.07 Å². The highest BCUT2D eigenvalue weighted by molar-refractivity contribution is 5.95. The second-order valence-electron chi connectivity index (χ2n) is 6.36. The number of aromatic nitrogens is 1. The molecule has 0 radical (unpaired) electrons. The molecule has 0 aliphatic carbocycles. The molecular weight excluding hydrogens is 264 g/mol. The van der Waals surface area contributed by atoms with Crippen molar-refractivity contribution in [2.24, 2.45) is 0 Å². The normalized spacial score (nSPS) is 11.7. The summed E-state index contributed by atoms with van der Waals surface area (Å²) in [6.07, 6.45) is -0.512. The monoisotopic (exact) mass is 284 g/mol. The number of fused-ring (bicyclic) bond motifs is 1. The third kappa shape index (κ3) is 2.78. The summed E-state index contributed by atoms with van der Waals surface area (Å²) in [6, 6.07) is 9.71. The number of nitriles is 1. The Bertz CT molecular complexity index is 728. The lowest BCUT2D eigenvalue weighted by molar-refractivity contribution is 0.0543. The first-order valence-electron chi connectivity index (χ1n) is 7.03. The molecule has 21 heavy (non-hydrogen) atoms. The quantitative estimate of drug-likeness (QED) is 0.779. The Balaban J connectivity index is 2.74. The van der Waals surface area contributed by atoms with E-state index in [9.17, 15) is 10.1 Å². The van der Waals surface area contributed by atoms with E-state index in [1.807, 2.05) is 58.9 Å². The topological polar surface area (TPSA) is 55.0 Å². The zero-order valence-corrected chi connectivity index (χ0v) is 13.1. The van der Waals surface area contributed by atoms with Gasteiger partial charge in [0.2, 0.25) is 0 Å². The van der Waals surface area contributed by atoms with Crippen molar-refractivity contribution in [2.45, 2.75) is 46.1 Å². The number of nitrogens with zero attached hydrogens (tertiary/aromatic N) is 2. The molecule has 1 aromatic heterocycles. The van der Waals surface area contributed by atoms with Crippen LogP contribution in [0.2, 0.25) is 0 Å². The standard InChI is InChI=1S/C17H20N2O2/c1-11(2)15-12-8-6-7-9-13(12)19(14(15)10-18)16(20)21-17(3,4)5/h6-9,11H,1-5H3. The Labute approximate surface area is 124 Å². The summed E-state index contributed by atoms with van der Waals surface area (Å²) < 4.78 is 6.83. The van der Waals surface area contributed by atoms with E-state index in [2.05, 4.69) is 6.07 Å². The van der Waals surface area contributed by atoms with Crippen LogP contribution >= 0.6 is 0 Å². The van der Waals surface area contributed by atoms with E-state index in [-0.39, 0.29) is 5.92 Å². The lowest BCUT2D eigenvalue weighted by Gasteiger charge is -2.20. The van der Waals surface area contributed by atoms with E-state index in [1.54, 1.807) is 0 Å². The molecule has 2 aromatic rings. The van der Waals surface area contributed by atoms with Gasteiger partial charge in [0.1, 0.15) is 17.4 Å². The summed E-state index contributed by atoms with van der Waals surface area (Å²) in [7, 11) is 0. The lowest BCUT2D eigenvalue weighted by atomic mass is 10.00. The third-order valence-corrected chi connectivity index (χ3v) is 3.17. The number of hydrogen-bond donors (Lipinski definition) is 0. The van der Waals surface area contributed by atoms with Gasteiger partial charge in [-0.15, -0.1) is 0 Å². The highest BCUT2D eigenvalue weighted by atomic mass is 16.6. The molecule has 0 aliphatic heterocycles. The van der Waals surface area contributed by atoms with Crippen LogP contribution in [0.3, 0.4) is 0 Å². The maximum atomic E-state index is 12.5. The zero-order chi connectivity index (χ0) is 15.8. The summed E-state index contributed by atoms with van der Waals surface area (Å²) in [5, 5.41) is 10.4. The Morgan fingerprint density at radius 3 is 2.43 bits per heavy atom. The summed E-state index contributed by atoms with van der Waals surface area (Å²) in [4.78, 5) is 12.5. The fourth-order valence-corrected chi connectivity index (χ4v) is 2.46. The van der Waals surface area contributed by atoms with E-state index in [0.29, 0.717) is 11.2 Å². The molecular formula is C17H20N2O2. The van der Waals surface area contributed by atoms with E-state index < -0.39 is 11.7 Å². The van der Waals surface area contributed by atoms with Gasteiger partial charge in [-0.2, -0.15) is 5.26 Å². The van der Waals surface area contributed by atoms with Gasteiger partial charge in [-0.1, -0.05) is 32.0 Å². The number of carbonyl (C=O) groups is 1. The molecule has 0 bridgehead atoms. The fourth-order valence-electron chi connectivity index (χ4n) is 2.46. The number of carbonyl (C=O) groups excluding carboxylic acids is 1. The summed E-state index contributed by atoms with van der Waals surface area (Å²) in [6.45, 7) is 9.47. The maximum absolute atomic E-state index is 12.5. The van der Waals surface area contributed by atoms with Crippen molar-refractivity contribution in [1.29, 1.82) is 5.26 Å². The third-order valence-electron chi connectivity index (χ3n) is 3.17. The number of rotatable bonds is 1.